The predicted octanol–water partition coefficient (Wildman–Crippen LogP) is -0.298. The average molecular weight is 200 g/mol. The molecule has 2 N–H and O–H groups in total. The predicted molar refractivity (Wildman–Crippen MR) is 52.7 cm³/mol. The lowest BCUT2D eigenvalue weighted by molar-refractivity contribution is -0.141. The molecule has 0 aliphatic rings. The van der Waals surface area contributed by atoms with Crippen LogP contribution in [-0.2, 0) is 18.9 Å². The summed E-state index contributed by atoms with van der Waals surface area (Å²) in [5, 5.41) is 0. The van der Waals surface area contributed by atoms with Crippen molar-refractivity contribution in [1.82, 2.24) is 0 Å². The van der Waals surface area contributed by atoms with Crippen molar-refractivity contribution in [2.75, 3.05) is 27.1 Å². The molecule has 0 amide bonds. The van der Waals surface area contributed by atoms with E-state index in [4.69, 9.17) is 15.1 Å². The molecule has 0 bridgehead atoms. The standard InChI is InChI=1S/C8H15BNO4/c1-3-4-13-5-7(8(11)12-2)9-14-6-10/h3,7H,1,4-6,10H2,2H3/t7-/m0/s1. The second-order valence-electron chi connectivity index (χ2n) is 2.43. The monoisotopic (exact) mass is 200 g/mol. The molecule has 0 aromatic carbocycles. The van der Waals surface area contributed by atoms with Gasteiger partial charge in [-0.15, -0.1) is 6.58 Å². The minimum atomic E-state index is -0.552. The molecule has 0 fully saturated rings. The minimum Gasteiger partial charge on any atom is -0.469 e. The Morgan fingerprint density at radius 3 is 2.93 bits per heavy atom. The number of rotatable bonds is 8. The highest BCUT2D eigenvalue weighted by Gasteiger charge is 2.21. The number of ether oxygens (including phenoxy) is 2. The fraction of sp³-hybridized carbons (Fsp3) is 0.625. The van der Waals surface area contributed by atoms with Crippen molar-refractivity contribution in [3.8, 4) is 0 Å². The van der Waals surface area contributed by atoms with E-state index in [1.807, 2.05) is 0 Å². The van der Waals surface area contributed by atoms with Gasteiger partial charge in [0.05, 0.1) is 32.9 Å². The first-order valence-corrected chi connectivity index (χ1v) is 4.17. The van der Waals surface area contributed by atoms with E-state index in [0.29, 0.717) is 6.61 Å². The van der Waals surface area contributed by atoms with Crippen LogP contribution in [0.4, 0.5) is 0 Å². The van der Waals surface area contributed by atoms with Gasteiger partial charge in [0.2, 0.25) is 0 Å². The number of hydrogen-bond donors (Lipinski definition) is 1. The Morgan fingerprint density at radius 1 is 1.71 bits per heavy atom. The zero-order chi connectivity index (χ0) is 10.8. The van der Waals surface area contributed by atoms with Gasteiger partial charge >= 0.3 is 13.5 Å². The molecule has 0 spiro atoms. The van der Waals surface area contributed by atoms with Crippen molar-refractivity contribution in [1.29, 1.82) is 0 Å². The summed E-state index contributed by atoms with van der Waals surface area (Å²) in [6.45, 7) is 4.08. The van der Waals surface area contributed by atoms with E-state index in [0.717, 1.165) is 0 Å². The molecule has 79 valence electrons. The molecular weight excluding hydrogens is 185 g/mol. The first-order chi connectivity index (χ1) is 6.76. The van der Waals surface area contributed by atoms with E-state index >= 15 is 0 Å². The van der Waals surface area contributed by atoms with Gasteiger partial charge in [-0.1, -0.05) is 6.08 Å². The van der Waals surface area contributed by atoms with Gasteiger partial charge < -0.3 is 19.9 Å². The average Bonchev–Trinajstić information content (AvgIpc) is 2.22. The first-order valence-electron chi connectivity index (χ1n) is 4.17. The van der Waals surface area contributed by atoms with Crippen molar-refractivity contribution in [3.05, 3.63) is 12.7 Å². The normalized spacial score (nSPS) is 11.9. The minimum absolute atomic E-state index is 0.0228. The highest BCUT2D eigenvalue weighted by molar-refractivity contribution is 6.36. The summed E-state index contributed by atoms with van der Waals surface area (Å²) in [7, 11) is 2.62. The van der Waals surface area contributed by atoms with Crippen LogP contribution >= 0.6 is 0 Å². The fourth-order valence-electron chi connectivity index (χ4n) is 0.764. The maximum Gasteiger partial charge on any atom is 0.311 e. The fourth-order valence-corrected chi connectivity index (χ4v) is 0.764. The van der Waals surface area contributed by atoms with Gasteiger partial charge in [-0.2, -0.15) is 0 Å². The molecule has 1 radical (unpaired) electrons. The summed E-state index contributed by atoms with van der Waals surface area (Å²) < 4.78 is 14.4. The summed E-state index contributed by atoms with van der Waals surface area (Å²) in [4.78, 5) is 11.1. The molecule has 0 rings (SSSR count). The van der Waals surface area contributed by atoms with Crippen molar-refractivity contribution < 1.29 is 18.9 Å². The highest BCUT2D eigenvalue weighted by Crippen LogP contribution is 2.06. The van der Waals surface area contributed by atoms with Crippen LogP contribution in [0.2, 0.25) is 5.82 Å². The number of nitrogens with two attached hydrogens (primary N) is 1. The van der Waals surface area contributed by atoms with Crippen LogP contribution in [0.5, 0.6) is 0 Å². The second-order valence-corrected chi connectivity index (χ2v) is 2.43. The quantitative estimate of drug-likeness (QED) is 0.191. The zero-order valence-corrected chi connectivity index (χ0v) is 8.27. The summed E-state index contributed by atoms with van der Waals surface area (Å²) in [5.41, 5.74) is 5.11. The van der Waals surface area contributed by atoms with Crippen LogP contribution in [0, 0.1) is 0 Å². The summed E-state index contributed by atoms with van der Waals surface area (Å²) >= 11 is 0. The Labute approximate surface area is 84.5 Å². The molecule has 0 unspecified atom stereocenters. The van der Waals surface area contributed by atoms with Gasteiger partial charge in [-0.05, 0) is 0 Å². The second kappa shape index (κ2) is 8.74. The summed E-state index contributed by atoms with van der Waals surface area (Å²) in [5.74, 6) is -0.967. The molecule has 1 atom stereocenters. The third-order valence-electron chi connectivity index (χ3n) is 1.39. The molecule has 0 aliphatic heterocycles. The van der Waals surface area contributed by atoms with Crippen LogP contribution in [0.1, 0.15) is 0 Å². The van der Waals surface area contributed by atoms with Crippen molar-refractivity contribution >= 4 is 13.5 Å². The Morgan fingerprint density at radius 2 is 2.43 bits per heavy atom. The lowest BCUT2D eigenvalue weighted by atomic mass is 9.81. The molecule has 0 aromatic heterocycles. The van der Waals surface area contributed by atoms with E-state index in [1.54, 1.807) is 6.08 Å². The largest absolute Gasteiger partial charge is 0.469 e. The lowest BCUT2D eigenvalue weighted by Crippen LogP contribution is -2.25. The van der Waals surface area contributed by atoms with Crippen molar-refractivity contribution in [3.63, 3.8) is 0 Å². The van der Waals surface area contributed by atoms with Gasteiger partial charge in [-0.25, -0.2) is 0 Å². The zero-order valence-electron chi connectivity index (χ0n) is 8.27. The Bertz CT molecular complexity index is 177. The van der Waals surface area contributed by atoms with Crippen LogP contribution < -0.4 is 5.73 Å². The molecule has 14 heavy (non-hydrogen) atoms. The first kappa shape index (κ1) is 13.2. The molecule has 0 aromatic rings. The Hall–Kier alpha value is -0.845. The van der Waals surface area contributed by atoms with E-state index in [-0.39, 0.29) is 13.3 Å². The summed E-state index contributed by atoms with van der Waals surface area (Å²) in [6.07, 6.45) is 1.60. The number of carbonyl (C=O) groups is 1. The smallest absolute Gasteiger partial charge is 0.311 e. The molecule has 0 saturated heterocycles. The topological polar surface area (TPSA) is 70.8 Å². The molecular formula is C8H15BNO4. The molecule has 0 saturated carbocycles. The van der Waals surface area contributed by atoms with Crippen LogP contribution in [0.3, 0.4) is 0 Å². The van der Waals surface area contributed by atoms with E-state index in [2.05, 4.69) is 11.3 Å². The van der Waals surface area contributed by atoms with Crippen LogP contribution in [0.15, 0.2) is 12.7 Å². The molecule has 0 aliphatic carbocycles. The van der Waals surface area contributed by atoms with Gasteiger partial charge in [0, 0.05) is 0 Å². The number of hydrogen-bond acceptors (Lipinski definition) is 5. The number of methoxy groups -OCH3 is 1. The van der Waals surface area contributed by atoms with E-state index < -0.39 is 11.8 Å². The van der Waals surface area contributed by atoms with Gasteiger partial charge in [0.25, 0.3) is 0 Å². The Balaban J connectivity index is 3.83. The van der Waals surface area contributed by atoms with Crippen LogP contribution in [-0.4, -0.2) is 40.5 Å². The molecule has 6 heteroatoms. The summed E-state index contributed by atoms with van der Waals surface area (Å²) in [6, 6.07) is 0. The highest BCUT2D eigenvalue weighted by atomic mass is 16.5. The van der Waals surface area contributed by atoms with Gasteiger partial charge in [-0.3, -0.25) is 4.79 Å². The van der Waals surface area contributed by atoms with E-state index in [1.165, 1.54) is 14.6 Å². The maximum absolute atomic E-state index is 11.1. The maximum atomic E-state index is 11.1. The van der Waals surface area contributed by atoms with Gasteiger partial charge in [0.15, 0.2) is 0 Å². The number of carbonyl (C=O) groups excluding carboxylic acids is 1. The Kier molecular flexibility index (Phi) is 8.21. The van der Waals surface area contributed by atoms with Gasteiger partial charge in [0.1, 0.15) is 0 Å². The molecule has 0 heterocycles. The van der Waals surface area contributed by atoms with Crippen LogP contribution in [0.25, 0.3) is 0 Å². The number of esters is 1. The lowest BCUT2D eigenvalue weighted by Gasteiger charge is -2.12. The van der Waals surface area contributed by atoms with E-state index in [9.17, 15) is 4.79 Å². The van der Waals surface area contributed by atoms with Crippen molar-refractivity contribution in [2.24, 2.45) is 5.73 Å². The van der Waals surface area contributed by atoms with Crippen molar-refractivity contribution in [2.45, 2.75) is 5.82 Å². The molecule has 5 nitrogen and oxygen atoms in total. The SMILES string of the molecule is C=CCOC[C@H]([B]OCN)C(=O)OC. The third kappa shape index (κ3) is 5.74. The third-order valence-corrected chi connectivity index (χ3v) is 1.39.